The van der Waals surface area contributed by atoms with Crippen LogP contribution >= 0.6 is 43.2 Å². The monoisotopic (exact) mass is 410 g/mol. The molecule has 0 unspecified atom stereocenters. The number of nitrogen functional groups attached to an aromatic ring is 1. The van der Waals surface area contributed by atoms with Crippen molar-refractivity contribution in [1.29, 1.82) is 0 Å². The highest BCUT2D eigenvalue weighted by atomic mass is 79.9. The molecule has 1 aromatic heterocycles. The summed E-state index contributed by atoms with van der Waals surface area (Å²) in [4.78, 5) is 0. The SMILES string of the molecule is Nc1cc(Br)c(NS(=O)(=O)c2cccs2)c(Br)c1. The Morgan fingerprint density at radius 1 is 1.22 bits per heavy atom. The van der Waals surface area contributed by atoms with Crippen LogP contribution in [0.25, 0.3) is 0 Å². The molecule has 0 fully saturated rings. The molecule has 0 saturated heterocycles. The van der Waals surface area contributed by atoms with Gasteiger partial charge in [-0.1, -0.05) is 6.07 Å². The first-order chi connectivity index (χ1) is 8.40. The molecule has 0 aliphatic rings. The third-order valence-electron chi connectivity index (χ3n) is 2.06. The zero-order chi connectivity index (χ0) is 13.3. The van der Waals surface area contributed by atoms with Crippen LogP contribution in [0, 0.1) is 0 Å². The smallest absolute Gasteiger partial charge is 0.271 e. The topological polar surface area (TPSA) is 72.2 Å². The van der Waals surface area contributed by atoms with Crippen molar-refractivity contribution in [2.24, 2.45) is 0 Å². The molecular weight excluding hydrogens is 404 g/mol. The Balaban J connectivity index is 2.42. The maximum atomic E-state index is 12.1. The minimum atomic E-state index is -3.56. The molecule has 2 rings (SSSR count). The number of benzene rings is 1. The average molecular weight is 412 g/mol. The fraction of sp³-hybridized carbons (Fsp3) is 0. The highest BCUT2D eigenvalue weighted by Crippen LogP contribution is 2.35. The zero-order valence-electron chi connectivity index (χ0n) is 8.85. The summed E-state index contributed by atoms with van der Waals surface area (Å²) in [6.45, 7) is 0. The van der Waals surface area contributed by atoms with Crippen LogP contribution in [0.4, 0.5) is 11.4 Å². The van der Waals surface area contributed by atoms with Crippen molar-refractivity contribution in [3.05, 3.63) is 38.6 Å². The number of halogens is 2. The molecule has 0 saturated carbocycles. The lowest BCUT2D eigenvalue weighted by Crippen LogP contribution is -2.12. The quantitative estimate of drug-likeness (QED) is 0.757. The minimum absolute atomic E-state index is 0.262. The predicted octanol–water partition coefficient (Wildman–Crippen LogP) is 3.66. The summed E-state index contributed by atoms with van der Waals surface area (Å²) >= 11 is 7.72. The van der Waals surface area contributed by atoms with Gasteiger partial charge in [0.25, 0.3) is 10.0 Å². The highest BCUT2D eigenvalue weighted by Gasteiger charge is 2.18. The summed E-state index contributed by atoms with van der Waals surface area (Å²) in [7, 11) is -3.56. The van der Waals surface area contributed by atoms with Crippen LogP contribution in [-0.4, -0.2) is 8.42 Å². The van der Waals surface area contributed by atoms with Gasteiger partial charge < -0.3 is 5.73 Å². The van der Waals surface area contributed by atoms with Crippen LogP contribution in [0.3, 0.4) is 0 Å². The molecule has 18 heavy (non-hydrogen) atoms. The van der Waals surface area contributed by atoms with Gasteiger partial charge in [0.15, 0.2) is 0 Å². The van der Waals surface area contributed by atoms with E-state index >= 15 is 0 Å². The lowest BCUT2D eigenvalue weighted by Gasteiger charge is -2.11. The maximum Gasteiger partial charge on any atom is 0.271 e. The van der Waals surface area contributed by atoms with Gasteiger partial charge in [0.2, 0.25) is 0 Å². The molecule has 2 aromatic rings. The highest BCUT2D eigenvalue weighted by molar-refractivity contribution is 9.11. The van der Waals surface area contributed by atoms with E-state index in [2.05, 4.69) is 36.6 Å². The van der Waals surface area contributed by atoms with Crippen molar-refractivity contribution < 1.29 is 8.42 Å². The first-order valence-corrected chi connectivity index (χ1v) is 8.66. The van der Waals surface area contributed by atoms with Crippen LogP contribution in [0.5, 0.6) is 0 Å². The number of hydrogen-bond acceptors (Lipinski definition) is 4. The third kappa shape index (κ3) is 2.87. The van der Waals surface area contributed by atoms with Crippen LogP contribution in [0.1, 0.15) is 0 Å². The van der Waals surface area contributed by atoms with Crippen molar-refractivity contribution in [2.75, 3.05) is 10.5 Å². The molecule has 1 aromatic carbocycles. The van der Waals surface area contributed by atoms with Gasteiger partial charge in [0.1, 0.15) is 4.21 Å². The lowest BCUT2D eigenvalue weighted by atomic mass is 10.3. The Kier molecular flexibility index (Phi) is 4.00. The van der Waals surface area contributed by atoms with Gasteiger partial charge in [0, 0.05) is 14.6 Å². The van der Waals surface area contributed by atoms with E-state index in [-0.39, 0.29) is 4.21 Å². The van der Waals surface area contributed by atoms with Gasteiger partial charge in [-0.05, 0) is 55.4 Å². The van der Waals surface area contributed by atoms with Crippen LogP contribution < -0.4 is 10.5 Å². The molecule has 0 amide bonds. The average Bonchev–Trinajstić information content (AvgIpc) is 2.77. The second kappa shape index (κ2) is 5.20. The van der Waals surface area contributed by atoms with Gasteiger partial charge in [-0.15, -0.1) is 11.3 Å². The summed E-state index contributed by atoms with van der Waals surface area (Å²) in [5.74, 6) is 0. The van der Waals surface area contributed by atoms with Gasteiger partial charge in [0.05, 0.1) is 5.69 Å². The van der Waals surface area contributed by atoms with Crippen molar-refractivity contribution in [3.8, 4) is 0 Å². The van der Waals surface area contributed by atoms with E-state index in [0.29, 0.717) is 20.3 Å². The molecule has 0 atom stereocenters. The summed E-state index contributed by atoms with van der Waals surface area (Å²) in [5.41, 5.74) is 6.61. The Hall–Kier alpha value is -0.570. The molecule has 0 aliphatic heterocycles. The number of sulfonamides is 1. The van der Waals surface area contributed by atoms with E-state index in [1.807, 2.05) is 0 Å². The molecule has 0 radical (unpaired) electrons. The molecule has 1 heterocycles. The predicted molar refractivity (Wildman–Crippen MR) is 81.4 cm³/mol. The lowest BCUT2D eigenvalue weighted by molar-refractivity contribution is 0.603. The van der Waals surface area contributed by atoms with Crippen LogP contribution in [0.15, 0.2) is 42.8 Å². The van der Waals surface area contributed by atoms with Crippen LogP contribution in [-0.2, 0) is 10.0 Å². The summed E-state index contributed by atoms with van der Waals surface area (Å²) in [6.07, 6.45) is 0. The van der Waals surface area contributed by atoms with Crippen molar-refractivity contribution in [1.82, 2.24) is 0 Å². The first-order valence-electron chi connectivity index (χ1n) is 4.71. The molecular formula is C10H8Br2N2O2S2. The fourth-order valence-electron chi connectivity index (χ4n) is 1.29. The summed E-state index contributed by atoms with van der Waals surface area (Å²) < 4.78 is 28.1. The van der Waals surface area contributed by atoms with Gasteiger partial charge >= 0.3 is 0 Å². The van der Waals surface area contributed by atoms with Gasteiger partial charge in [-0.2, -0.15) is 0 Å². The molecule has 8 heteroatoms. The van der Waals surface area contributed by atoms with E-state index < -0.39 is 10.0 Å². The molecule has 3 N–H and O–H groups in total. The van der Waals surface area contributed by atoms with E-state index in [9.17, 15) is 8.42 Å². The normalized spacial score (nSPS) is 11.4. The number of rotatable bonds is 3. The number of nitrogens with two attached hydrogens (primary N) is 1. The Morgan fingerprint density at radius 2 is 1.83 bits per heavy atom. The van der Waals surface area contributed by atoms with E-state index in [0.717, 1.165) is 11.3 Å². The van der Waals surface area contributed by atoms with Crippen molar-refractivity contribution >= 4 is 64.6 Å². The number of nitrogens with one attached hydrogen (secondary N) is 1. The molecule has 96 valence electrons. The fourth-order valence-corrected chi connectivity index (χ4v) is 5.07. The number of hydrogen-bond donors (Lipinski definition) is 2. The largest absolute Gasteiger partial charge is 0.399 e. The second-order valence-corrected chi connectivity index (χ2v) is 7.96. The van der Waals surface area contributed by atoms with Gasteiger partial charge in [-0.25, -0.2) is 8.42 Å². The van der Waals surface area contributed by atoms with Crippen LogP contribution in [0.2, 0.25) is 0 Å². The second-order valence-electron chi connectivity index (χ2n) is 3.40. The Labute approximate surface area is 126 Å². The Morgan fingerprint density at radius 3 is 2.33 bits per heavy atom. The standard InChI is InChI=1S/C10H8Br2N2O2S2/c11-7-4-6(13)5-8(12)10(7)14-18(15,16)9-2-1-3-17-9/h1-5,14H,13H2. The van der Waals surface area contributed by atoms with E-state index in [1.54, 1.807) is 29.6 Å². The van der Waals surface area contributed by atoms with Gasteiger partial charge in [-0.3, -0.25) is 4.72 Å². The number of thiophene rings is 1. The molecule has 0 spiro atoms. The Bertz CT molecular complexity index is 646. The zero-order valence-corrected chi connectivity index (χ0v) is 13.7. The number of anilines is 2. The van der Waals surface area contributed by atoms with Crippen molar-refractivity contribution in [3.63, 3.8) is 0 Å². The molecule has 0 bridgehead atoms. The summed E-state index contributed by atoms with van der Waals surface area (Å²) in [6, 6.07) is 6.51. The van der Waals surface area contributed by atoms with E-state index in [4.69, 9.17) is 5.73 Å². The molecule has 0 aliphatic carbocycles. The van der Waals surface area contributed by atoms with E-state index in [1.165, 1.54) is 0 Å². The first kappa shape index (κ1) is 13.9. The molecule has 4 nitrogen and oxygen atoms in total. The maximum absolute atomic E-state index is 12.1. The minimum Gasteiger partial charge on any atom is -0.399 e. The van der Waals surface area contributed by atoms with Crippen molar-refractivity contribution in [2.45, 2.75) is 4.21 Å². The third-order valence-corrected chi connectivity index (χ3v) is 6.06. The summed E-state index contributed by atoms with van der Waals surface area (Å²) in [5, 5.41) is 1.71.